The molecule has 154 valence electrons. The van der Waals surface area contributed by atoms with E-state index in [-0.39, 0.29) is 5.60 Å². The maximum absolute atomic E-state index is 6.36. The van der Waals surface area contributed by atoms with Gasteiger partial charge in [-0.25, -0.2) is 0 Å². The van der Waals surface area contributed by atoms with Crippen LogP contribution in [0.5, 0.6) is 11.5 Å². The van der Waals surface area contributed by atoms with Crippen molar-refractivity contribution in [1.82, 2.24) is 5.32 Å². The van der Waals surface area contributed by atoms with E-state index < -0.39 is 0 Å². The molecule has 2 aromatic rings. The molecular weight excluding hydrogens is 358 g/mol. The molecule has 3 heteroatoms. The molecule has 0 atom stereocenters. The second-order valence-corrected chi connectivity index (χ2v) is 8.26. The van der Waals surface area contributed by atoms with Gasteiger partial charge in [-0.1, -0.05) is 56.3 Å². The van der Waals surface area contributed by atoms with Gasteiger partial charge in [-0.05, 0) is 54.9 Å². The summed E-state index contributed by atoms with van der Waals surface area (Å²) in [7, 11) is 0. The molecule has 1 aliphatic carbocycles. The zero-order valence-electron chi connectivity index (χ0n) is 17.8. The summed E-state index contributed by atoms with van der Waals surface area (Å²) in [5, 5.41) is 3.51. The Labute approximate surface area is 175 Å². The van der Waals surface area contributed by atoms with Crippen molar-refractivity contribution in [3.05, 3.63) is 65.2 Å². The molecule has 0 saturated heterocycles. The molecule has 0 saturated carbocycles. The van der Waals surface area contributed by atoms with Gasteiger partial charge in [0, 0.05) is 25.1 Å². The lowest BCUT2D eigenvalue weighted by Crippen LogP contribution is -2.32. The Bertz CT molecular complexity index is 867. The summed E-state index contributed by atoms with van der Waals surface area (Å²) < 4.78 is 12.4. The highest BCUT2D eigenvalue weighted by molar-refractivity contribution is 5.67. The maximum atomic E-state index is 6.36. The summed E-state index contributed by atoms with van der Waals surface area (Å²) in [4.78, 5) is 0. The standard InChI is InChI=1S/C26H33NO2/c1-3-26(4-2)18-23-13-8-14-24(25(23)29-26)28-16-15-27-19-20-9-7-12-22(17-20)21-10-5-6-11-21/h7-10,12-14,17,27H,3-6,11,15-16,18-19H2,1-2H3. The second kappa shape index (κ2) is 9.04. The number of fused-ring (bicyclic) bond motifs is 1. The van der Waals surface area contributed by atoms with E-state index in [1.807, 2.05) is 6.07 Å². The molecule has 0 spiro atoms. The van der Waals surface area contributed by atoms with Crippen LogP contribution in [0.15, 0.2) is 48.5 Å². The highest BCUT2D eigenvalue weighted by Crippen LogP contribution is 2.44. The van der Waals surface area contributed by atoms with E-state index in [1.54, 1.807) is 0 Å². The van der Waals surface area contributed by atoms with Crippen molar-refractivity contribution in [3.8, 4) is 11.5 Å². The Hall–Kier alpha value is -2.26. The first-order chi connectivity index (χ1) is 14.2. The van der Waals surface area contributed by atoms with Gasteiger partial charge in [-0.3, -0.25) is 0 Å². The van der Waals surface area contributed by atoms with Gasteiger partial charge in [0.15, 0.2) is 11.5 Å². The SMILES string of the molecule is CCC1(CC)Cc2cccc(OCCNCc3cccc(C4=CCCC4)c3)c2O1. The van der Waals surface area contributed by atoms with Crippen molar-refractivity contribution in [2.24, 2.45) is 0 Å². The van der Waals surface area contributed by atoms with Crippen LogP contribution in [-0.4, -0.2) is 18.8 Å². The van der Waals surface area contributed by atoms with Gasteiger partial charge < -0.3 is 14.8 Å². The van der Waals surface area contributed by atoms with E-state index in [4.69, 9.17) is 9.47 Å². The molecule has 1 aliphatic heterocycles. The Kier molecular flexibility index (Phi) is 6.25. The summed E-state index contributed by atoms with van der Waals surface area (Å²) in [6.07, 6.45) is 9.14. The number of hydrogen-bond acceptors (Lipinski definition) is 3. The van der Waals surface area contributed by atoms with Crippen molar-refractivity contribution in [2.75, 3.05) is 13.2 Å². The Morgan fingerprint density at radius 2 is 1.97 bits per heavy atom. The molecule has 0 amide bonds. The van der Waals surface area contributed by atoms with Crippen LogP contribution in [0.1, 0.15) is 62.6 Å². The smallest absolute Gasteiger partial charge is 0.165 e. The van der Waals surface area contributed by atoms with Crippen LogP contribution in [0.4, 0.5) is 0 Å². The molecule has 1 heterocycles. The van der Waals surface area contributed by atoms with E-state index in [0.29, 0.717) is 6.61 Å². The average molecular weight is 392 g/mol. The predicted molar refractivity (Wildman–Crippen MR) is 120 cm³/mol. The average Bonchev–Trinajstić information content (AvgIpc) is 3.42. The van der Waals surface area contributed by atoms with Crippen molar-refractivity contribution in [3.63, 3.8) is 0 Å². The first-order valence-electron chi connectivity index (χ1n) is 11.2. The molecule has 3 nitrogen and oxygen atoms in total. The van der Waals surface area contributed by atoms with Crippen LogP contribution in [0, 0.1) is 0 Å². The third-order valence-corrected chi connectivity index (χ3v) is 6.38. The van der Waals surface area contributed by atoms with Gasteiger partial charge in [0.1, 0.15) is 12.2 Å². The van der Waals surface area contributed by atoms with E-state index >= 15 is 0 Å². The number of ether oxygens (including phenoxy) is 2. The minimum atomic E-state index is -0.0557. The van der Waals surface area contributed by atoms with Crippen LogP contribution in [-0.2, 0) is 13.0 Å². The fourth-order valence-corrected chi connectivity index (χ4v) is 4.45. The molecule has 0 radical (unpaired) electrons. The highest BCUT2D eigenvalue weighted by Gasteiger charge is 2.37. The molecule has 0 unspecified atom stereocenters. The molecule has 0 fully saturated rings. The van der Waals surface area contributed by atoms with Gasteiger partial charge >= 0.3 is 0 Å². The van der Waals surface area contributed by atoms with Gasteiger partial charge in [0.2, 0.25) is 0 Å². The van der Waals surface area contributed by atoms with Gasteiger partial charge in [0.25, 0.3) is 0 Å². The predicted octanol–water partition coefficient (Wildman–Crippen LogP) is 5.92. The molecule has 2 aromatic carbocycles. The highest BCUT2D eigenvalue weighted by atomic mass is 16.5. The molecule has 2 aliphatic rings. The summed E-state index contributed by atoms with van der Waals surface area (Å²) in [6, 6.07) is 15.2. The number of benzene rings is 2. The fourth-order valence-electron chi connectivity index (χ4n) is 4.45. The molecule has 29 heavy (non-hydrogen) atoms. The quantitative estimate of drug-likeness (QED) is 0.539. The number of hydrogen-bond donors (Lipinski definition) is 1. The summed E-state index contributed by atoms with van der Waals surface area (Å²) in [6.45, 7) is 6.72. The molecule has 0 bridgehead atoms. The number of allylic oxidation sites excluding steroid dienone is 2. The minimum absolute atomic E-state index is 0.0557. The lowest BCUT2D eigenvalue weighted by atomic mass is 9.92. The van der Waals surface area contributed by atoms with Crippen molar-refractivity contribution < 1.29 is 9.47 Å². The van der Waals surface area contributed by atoms with Crippen molar-refractivity contribution in [1.29, 1.82) is 0 Å². The number of para-hydroxylation sites is 1. The van der Waals surface area contributed by atoms with Gasteiger partial charge in [-0.15, -0.1) is 0 Å². The van der Waals surface area contributed by atoms with Crippen LogP contribution in [0.25, 0.3) is 5.57 Å². The summed E-state index contributed by atoms with van der Waals surface area (Å²) in [5.41, 5.74) is 5.43. The first-order valence-corrected chi connectivity index (χ1v) is 11.2. The van der Waals surface area contributed by atoms with E-state index in [9.17, 15) is 0 Å². The zero-order chi connectivity index (χ0) is 20.1. The topological polar surface area (TPSA) is 30.5 Å². The third kappa shape index (κ3) is 4.51. The Morgan fingerprint density at radius 3 is 2.76 bits per heavy atom. The fraction of sp³-hybridized carbons (Fsp3) is 0.462. The number of nitrogens with one attached hydrogen (secondary N) is 1. The molecular formula is C26H33NO2. The van der Waals surface area contributed by atoms with E-state index in [1.165, 1.54) is 41.5 Å². The maximum Gasteiger partial charge on any atom is 0.165 e. The largest absolute Gasteiger partial charge is 0.488 e. The lowest BCUT2D eigenvalue weighted by Gasteiger charge is -2.26. The van der Waals surface area contributed by atoms with Gasteiger partial charge in [-0.2, -0.15) is 0 Å². The normalized spacial score (nSPS) is 17.0. The Morgan fingerprint density at radius 1 is 1.10 bits per heavy atom. The Balaban J connectivity index is 1.27. The van der Waals surface area contributed by atoms with Crippen LogP contribution in [0.3, 0.4) is 0 Å². The second-order valence-electron chi connectivity index (χ2n) is 8.26. The van der Waals surface area contributed by atoms with Crippen LogP contribution >= 0.6 is 0 Å². The molecule has 1 N–H and O–H groups in total. The van der Waals surface area contributed by atoms with Crippen LogP contribution < -0.4 is 14.8 Å². The van der Waals surface area contributed by atoms with E-state index in [2.05, 4.69) is 61.6 Å². The third-order valence-electron chi connectivity index (χ3n) is 6.38. The molecule has 4 rings (SSSR count). The molecule has 0 aromatic heterocycles. The van der Waals surface area contributed by atoms with E-state index in [0.717, 1.165) is 43.9 Å². The van der Waals surface area contributed by atoms with Crippen molar-refractivity contribution >= 4 is 5.57 Å². The number of rotatable bonds is 9. The lowest BCUT2D eigenvalue weighted by molar-refractivity contribution is 0.0819. The zero-order valence-corrected chi connectivity index (χ0v) is 17.8. The summed E-state index contributed by atoms with van der Waals surface area (Å²) in [5.74, 6) is 1.83. The minimum Gasteiger partial charge on any atom is -0.488 e. The van der Waals surface area contributed by atoms with Crippen LogP contribution in [0.2, 0.25) is 0 Å². The van der Waals surface area contributed by atoms with Crippen molar-refractivity contribution in [2.45, 2.75) is 64.5 Å². The monoisotopic (exact) mass is 391 g/mol. The summed E-state index contributed by atoms with van der Waals surface area (Å²) >= 11 is 0. The van der Waals surface area contributed by atoms with Gasteiger partial charge in [0.05, 0.1) is 0 Å². The first kappa shape index (κ1) is 20.0.